The number of aliphatic hydroxyl groups excluding tert-OH is 1. The average molecular weight is 274 g/mol. The van der Waals surface area contributed by atoms with Crippen LogP contribution in [-0.4, -0.2) is 17.3 Å². The highest BCUT2D eigenvalue weighted by molar-refractivity contribution is 9.10. The summed E-state index contributed by atoms with van der Waals surface area (Å²) < 4.78 is 6.30. The van der Waals surface area contributed by atoms with Gasteiger partial charge in [-0.3, -0.25) is 0 Å². The average Bonchev–Trinajstić information content (AvgIpc) is 2.58. The Morgan fingerprint density at radius 1 is 1.67 bits per heavy atom. The van der Waals surface area contributed by atoms with Gasteiger partial charge in [0.25, 0.3) is 0 Å². The van der Waals surface area contributed by atoms with Crippen LogP contribution in [0.4, 0.5) is 0 Å². The molecule has 0 radical (unpaired) electrons. The van der Waals surface area contributed by atoms with E-state index in [9.17, 15) is 5.11 Å². The minimum absolute atomic E-state index is 0.0287. The van der Waals surface area contributed by atoms with Crippen molar-refractivity contribution in [3.05, 3.63) is 22.6 Å². The van der Waals surface area contributed by atoms with Gasteiger partial charge >= 0.3 is 0 Å². The lowest BCUT2D eigenvalue weighted by atomic mass is 9.64. The van der Waals surface area contributed by atoms with Gasteiger partial charge in [-0.05, 0) is 28.4 Å². The van der Waals surface area contributed by atoms with E-state index in [-0.39, 0.29) is 11.5 Å². The SMILES string of the molecule is CC1(C)C(O)CC1NCc1occc1Br. The lowest BCUT2D eigenvalue weighted by Gasteiger charge is -2.49. The van der Waals surface area contributed by atoms with Gasteiger partial charge in [-0.25, -0.2) is 0 Å². The monoisotopic (exact) mass is 273 g/mol. The molecule has 0 spiro atoms. The molecule has 1 fully saturated rings. The van der Waals surface area contributed by atoms with Gasteiger partial charge < -0.3 is 14.8 Å². The van der Waals surface area contributed by atoms with E-state index in [1.54, 1.807) is 6.26 Å². The zero-order valence-corrected chi connectivity index (χ0v) is 10.5. The van der Waals surface area contributed by atoms with Crippen LogP contribution in [0.15, 0.2) is 21.2 Å². The van der Waals surface area contributed by atoms with Crippen molar-refractivity contribution in [2.75, 3.05) is 0 Å². The minimum atomic E-state index is -0.185. The molecule has 15 heavy (non-hydrogen) atoms. The van der Waals surface area contributed by atoms with Gasteiger partial charge in [0.1, 0.15) is 5.76 Å². The summed E-state index contributed by atoms with van der Waals surface area (Å²) in [7, 11) is 0. The predicted molar refractivity (Wildman–Crippen MR) is 61.4 cm³/mol. The highest BCUT2D eigenvalue weighted by atomic mass is 79.9. The van der Waals surface area contributed by atoms with Crippen LogP contribution >= 0.6 is 15.9 Å². The molecule has 2 rings (SSSR count). The smallest absolute Gasteiger partial charge is 0.131 e. The van der Waals surface area contributed by atoms with E-state index < -0.39 is 0 Å². The predicted octanol–water partition coefficient (Wildman–Crippen LogP) is 2.29. The summed E-state index contributed by atoms with van der Waals surface area (Å²) in [5.74, 6) is 0.909. The molecule has 2 N–H and O–H groups in total. The number of nitrogens with one attached hydrogen (secondary N) is 1. The largest absolute Gasteiger partial charge is 0.467 e. The van der Waals surface area contributed by atoms with Gasteiger partial charge in [-0.15, -0.1) is 0 Å². The lowest BCUT2D eigenvalue weighted by Crippen LogP contribution is -2.59. The molecule has 1 aromatic rings. The van der Waals surface area contributed by atoms with Gasteiger partial charge in [-0.1, -0.05) is 13.8 Å². The van der Waals surface area contributed by atoms with Crippen LogP contribution < -0.4 is 5.32 Å². The molecule has 2 unspecified atom stereocenters. The topological polar surface area (TPSA) is 45.4 Å². The number of halogens is 1. The quantitative estimate of drug-likeness (QED) is 0.889. The van der Waals surface area contributed by atoms with Gasteiger partial charge in [0, 0.05) is 11.5 Å². The first-order valence-electron chi connectivity index (χ1n) is 5.15. The molecule has 84 valence electrons. The molecule has 0 bridgehead atoms. The highest BCUT2D eigenvalue weighted by Crippen LogP contribution is 2.40. The molecule has 1 aromatic heterocycles. The van der Waals surface area contributed by atoms with E-state index in [2.05, 4.69) is 35.1 Å². The maximum atomic E-state index is 9.59. The second-order valence-corrected chi connectivity index (χ2v) is 5.55. The number of hydrogen-bond donors (Lipinski definition) is 2. The van der Waals surface area contributed by atoms with Crippen LogP contribution in [0.3, 0.4) is 0 Å². The fourth-order valence-corrected chi connectivity index (χ4v) is 2.26. The van der Waals surface area contributed by atoms with E-state index >= 15 is 0 Å². The Bertz CT molecular complexity index is 348. The molecular weight excluding hydrogens is 258 g/mol. The van der Waals surface area contributed by atoms with Crippen LogP contribution in [0.2, 0.25) is 0 Å². The lowest BCUT2D eigenvalue weighted by molar-refractivity contribution is -0.0734. The highest BCUT2D eigenvalue weighted by Gasteiger charge is 2.46. The van der Waals surface area contributed by atoms with Crippen LogP contribution in [0.1, 0.15) is 26.0 Å². The van der Waals surface area contributed by atoms with Gasteiger partial charge in [0.2, 0.25) is 0 Å². The Kier molecular flexibility index (Phi) is 2.92. The fraction of sp³-hybridized carbons (Fsp3) is 0.636. The second kappa shape index (κ2) is 3.92. The Morgan fingerprint density at radius 2 is 2.40 bits per heavy atom. The summed E-state index contributed by atoms with van der Waals surface area (Å²) in [6.07, 6.45) is 2.31. The third kappa shape index (κ3) is 1.98. The number of aliphatic hydroxyl groups is 1. The molecule has 0 aliphatic heterocycles. The fourth-order valence-electron chi connectivity index (χ4n) is 1.92. The maximum absolute atomic E-state index is 9.59. The van der Waals surface area contributed by atoms with E-state index in [1.165, 1.54) is 0 Å². The molecule has 1 aliphatic rings. The summed E-state index contributed by atoms with van der Waals surface area (Å²) in [6.45, 7) is 4.86. The van der Waals surface area contributed by atoms with Gasteiger partial charge in [0.15, 0.2) is 0 Å². The van der Waals surface area contributed by atoms with E-state index in [0.717, 1.165) is 16.7 Å². The van der Waals surface area contributed by atoms with Crippen LogP contribution in [0.25, 0.3) is 0 Å². The van der Waals surface area contributed by atoms with Crippen molar-refractivity contribution in [3.8, 4) is 0 Å². The van der Waals surface area contributed by atoms with E-state index in [4.69, 9.17) is 4.42 Å². The zero-order chi connectivity index (χ0) is 11.1. The Hall–Kier alpha value is -0.320. The number of furan rings is 1. The third-order valence-electron chi connectivity index (χ3n) is 3.42. The van der Waals surface area contributed by atoms with E-state index in [0.29, 0.717) is 12.6 Å². The van der Waals surface area contributed by atoms with Crippen molar-refractivity contribution in [2.24, 2.45) is 5.41 Å². The van der Waals surface area contributed by atoms with E-state index in [1.807, 2.05) is 6.07 Å². The van der Waals surface area contributed by atoms with Crippen molar-refractivity contribution in [2.45, 2.75) is 39.0 Å². The van der Waals surface area contributed by atoms with Crippen molar-refractivity contribution in [1.29, 1.82) is 0 Å². The summed E-state index contributed by atoms with van der Waals surface area (Å²) in [5.41, 5.74) is -0.0287. The molecule has 1 aliphatic carbocycles. The van der Waals surface area contributed by atoms with Crippen LogP contribution in [0.5, 0.6) is 0 Å². The van der Waals surface area contributed by atoms with Crippen molar-refractivity contribution in [1.82, 2.24) is 5.32 Å². The zero-order valence-electron chi connectivity index (χ0n) is 8.96. The molecule has 0 saturated heterocycles. The first-order chi connectivity index (χ1) is 7.01. The summed E-state index contributed by atoms with van der Waals surface area (Å²) in [4.78, 5) is 0. The van der Waals surface area contributed by atoms with Crippen LogP contribution in [-0.2, 0) is 6.54 Å². The molecule has 4 heteroatoms. The molecule has 3 nitrogen and oxygen atoms in total. The Morgan fingerprint density at radius 3 is 2.87 bits per heavy atom. The Labute approximate surface area is 98.0 Å². The Balaban J connectivity index is 1.88. The minimum Gasteiger partial charge on any atom is -0.467 e. The first kappa shape index (κ1) is 11.2. The normalized spacial score (nSPS) is 28.8. The summed E-state index contributed by atoms with van der Waals surface area (Å²) in [6, 6.07) is 2.25. The molecular formula is C11H16BrNO2. The molecule has 1 heterocycles. The number of hydrogen-bond acceptors (Lipinski definition) is 3. The third-order valence-corrected chi connectivity index (χ3v) is 4.12. The van der Waals surface area contributed by atoms with Gasteiger partial charge in [-0.2, -0.15) is 0 Å². The second-order valence-electron chi connectivity index (χ2n) is 4.70. The molecule has 0 aromatic carbocycles. The standard InChI is InChI=1S/C11H16BrNO2/c1-11(2)9(5-10(11)14)13-6-8-7(12)3-4-15-8/h3-4,9-10,13-14H,5-6H2,1-2H3. The molecule has 1 saturated carbocycles. The van der Waals surface area contributed by atoms with Crippen molar-refractivity contribution >= 4 is 15.9 Å². The molecule has 2 atom stereocenters. The van der Waals surface area contributed by atoms with Crippen LogP contribution in [0, 0.1) is 5.41 Å². The summed E-state index contributed by atoms with van der Waals surface area (Å²) in [5, 5.41) is 13.0. The summed E-state index contributed by atoms with van der Waals surface area (Å²) >= 11 is 3.41. The van der Waals surface area contributed by atoms with Crippen molar-refractivity contribution in [3.63, 3.8) is 0 Å². The first-order valence-corrected chi connectivity index (χ1v) is 5.94. The van der Waals surface area contributed by atoms with Gasteiger partial charge in [0.05, 0.1) is 23.4 Å². The maximum Gasteiger partial charge on any atom is 0.131 e. The van der Waals surface area contributed by atoms with Crippen molar-refractivity contribution < 1.29 is 9.52 Å². The molecule has 0 amide bonds. The number of rotatable bonds is 3.